The second kappa shape index (κ2) is 13.3. The Morgan fingerprint density at radius 2 is 1.77 bits per heavy atom. The zero-order valence-corrected chi connectivity index (χ0v) is 20.6. The molecule has 0 spiro atoms. The lowest BCUT2D eigenvalue weighted by atomic mass is 9.98. The molecule has 2 aromatic rings. The highest BCUT2D eigenvalue weighted by atomic mass is 32.2. The molecule has 0 unspecified atom stereocenters. The molecule has 0 amide bonds. The highest BCUT2D eigenvalue weighted by Crippen LogP contribution is 2.36. The number of rotatable bonds is 6. The van der Waals surface area contributed by atoms with Crippen molar-refractivity contribution in [1.29, 1.82) is 0 Å². The number of benzene rings is 1. The highest BCUT2D eigenvalue weighted by molar-refractivity contribution is 7.97. The lowest BCUT2D eigenvalue weighted by molar-refractivity contribution is 0.150. The van der Waals surface area contributed by atoms with Crippen molar-refractivity contribution >= 4 is 35.1 Å². The zero-order valence-electron chi connectivity index (χ0n) is 19.8. The predicted octanol–water partition coefficient (Wildman–Crippen LogP) is 6.31. The van der Waals surface area contributed by atoms with E-state index in [-0.39, 0.29) is 6.10 Å². The molecule has 1 aliphatic heterocycles. The first-order valence-electron chi connectivity index (χ1n) is 11.5. The van der Waals surface area contributed by atoms with Crippen LogP contribution in [0.15, 0.2) is 23.1 Å². The smallest absolute Gasteiger partial charge is 0.244 e. The van der Waals surface area contributed by atoms with E-state index in [2.05, 4.69) is 55.8 Å². The number of ether oxygens (including phenoxy) is 1. The van der Waals surface area contributed by atoms with Gasteiger partial charge < -0.3 is 20.7 Å². The highest BCUT2D eigenvalue weighted by Gasteiger charge is 2.24. The van der Waals surface area contributed by atoms with E-state index in [1.807, 2.05) is 34.7 Å². The largest absolute Gasteiger partial charge is 0.473 e. The van der Waals surface area contributed by atoms with Gasteiger partial charge in [0, 0.05) is 10.6 Å². The number of hydrogen-bond acceptors (Lipinski definition) is 8. The number of fused-ring (bicyclic) bond motifs is 1. The molecule has 1 saturated carbocycles. The molecule has 1 aromatic carbocycles. The van der Waals surface area contributed by atoms with Crippen molar-refractivity contribution in [2.75, 3.05) is 29.7 Å². The average molecular weight is 447 g/mol. The van der Waals surface area contributed by atoms with Crippen molar-refractivity contribution < 1.29 is 4.74 Å². The van der Waals surface area contributed by atoms with Crippen LogP contribution in [0.2, 0.25) is 0 Å². The summed E-state index contributed by atoms with van der Waals surface area (Å²) in [6, 6.07) is 6.26. The van der Waals surface area contributed by atoms with E-state index < -0.39 is 0 Å². The van der Waals surface area contributed by atoms with E-state index in [0.29, 0.717) is 18.5 Å². The number of nitrogens with one attached hydrogen (secondary N) is 4. The minimum absolute atomic E-state index is 0.243. The van der Waals surface area contributed by atoms with Gasteiger partial charge in [-0.25, -0.2) is 0 Å². The second-order valence-electron chi connectivity index (χ2n) is 6.89. The Morgan fingerprint density at radius 1 is 1.03 bits per heavy atom. The Labute approximate surface area is 191 Å². The van der Waals surface area contributed by atoms with Crippen molar-refractivity contribution in [3.05, 3.63) is 23.8 Å². The second-order valence-corrected chi connectivity index (χ2v) is 7.98. The third kappa shape index (κ3) is 6.90. The summed E-state index contributed by atoms with van der Waals surface area (Å²) >= 11 is 1.60. The first kappa shape index (κ1) is 25.1. The normalized spacial score (nSPS) is 14.6. The molecular formula is C23H38N6OS. The number of anilines is 4. The van der Waals surface area contributed by atoms with Gasteiger partial charge in [0.2, 0.25) is 11.8 Å². The van der Waals surface area contributed by atoms with E-state index in [1.165, 1.54) is 24.2 Å². The molecule has 1 fully saturated rings. The maximum atomic E-state index is 6.25. The van der Waals surface area contributed by atoms with E-state index in [4.69, 9.17) is 4.74 Å². The number of nitrogens with zero attached hydrogens (tertiary/aromatic N) is 2. The van der Waals surface area contributed by atoms with Crippen molar-refractivity contribution in [2.24, 2.45) is 0 Å². The zero-order chi connectivity index (χ0) is 22.6. The fraction of sp³-hybridized carbons (Fsp3) is 0.565. The lowest BCUT2D eigenvalue weighted by Gasteiger charge is -2.23. The summed E-state index contributed by atoms with van der Waals surface area (Å²) in [6.45, 7) is 10.7. The predicted molar refractivity (Wildman–Crippen MR) is 134 cm³/mol. The van der Waals surface area contributed by atoms with Gasteiger partial charge in [-0.15, -0.1) is 0 Å². The van der Waals surface area contributed by atoms with Crippen molar-refractivity contribution in [1.82, 2.24) is 14.7 Å². The summed E-state index contributed by atoms with van der Waals surface area (Å²) in [4.78, 5) is 10.4. The van der Waals surface area contributed by atoms with Gasteiger partial charge >= 0.3 is 0 Å². The van der Waals surface area contributed by atoms with E-state index in [1.54, 1.807) is 11.9 Å². The van der Waals surface area contributed by atoms with Crippen LogP contribution in [0.3, 0.4) is 0 Å². The molecule has 0 bridgehead atoms. The topological polar surface area (TPSA) is 83.1 Å². The summed E-state index contributed by atoms with van der Waals surface area (Å²) in [5.41, 5.74) is 2.99. The Morgan fingerprint density at radius 3 is 2.45 bits per heavy atom. The lowest BCUT2D eigenvalue weighted by Crippen LogP contribution is -2.21. The van der Waals surface area contributed by atoms with Crippen LogP contribution >= 0.6 is 11.9 Å². The molecule has 4 N–H and O–H groups in total. The van der Waals surface area contributed by atoms with Gasteiger partial charge in [0.25, 0.3) is 0 Å². The summed E-state index contributed by atoms with van der Waals surface area (Å²) in [5, 5.41) is 9.88. The van der Waals surface area contributed by atoms with Crippen LogP contribution < -0.4 is 25.4 Å². The van der Waals surface area contributed by atoms with E-state index in [0.717, 1.165) is 35.6 Å². The first-order valence-corrected chi connectivity index (χ1v) is 12.3. The Kier molecular flexibility index (Phi) is 10.7. The average Bonchev–Trinajstić information content (AvgIpc) is 3.28. The quantitative estimate of drug-likeness (QED) is 0.384. The van der Waals surface area contributed by atoms with Crippen LogP contribution in [0.5, 0.6) is 5.88 Å². The van der Waals surface area contributed by atoms with Crippen molar-refractivity contribution in [2.45, 2.75) is 77.7 Å². The van der Waals surface area contributed by atoms with Gasteiger partial charge in [0.1, 0.15) is 11.8 Å². The minimum atomic E-state index is 0.243. The molecule has 2 heterocycles. The molecule has 4 rings (SSSR count). The Balaban J connectivity index is 0.000000807. The molecule has 0 radical (unpaired) electrons. The van der Waals surface area contributed by atoms with E-state index >= 15 is 0 Å². The van der Waals surface area contributed by atoms with Crippen molar-refractivity contribution in [3.8, 4) is 5.88 Å². The molecule has 2 aliphatic rings. The molecule has 31 heavy (non-hydrogen) atoms. The summed E-state index contributed by atoms with van der Waals surface area (Å²) in [7, 11) is 1.92. The Hall–Kier alpha value is -2.19. The van der Waals surface area contributed by atoms with Crippen LogP contribution in [0.4, 0.5) is 23.1 Å². The maximum absolute atomic E-state index is 6.25. The third-order valence-electron chi connectivity index (χ3n) is 4.89. The fourth-order valence-electron chi connectivity index (χ4n) is 3.50. The van der Waals surface area contributed by atoms with Crippen LogP contribution in [0, 0.1) is 6.92 Å². The molecule has 8 heteroatoms. The van der Waals surface area contributed by atoms with Gasteiger partial charge in [-0.1, -0.05) is 34.1 Å². The molecular weight excluding hydrogens is 408 g/mol. The van der Waals surface area contributed by atoms with Gasteiger partial charge in [-0.2, -0.15) is 9.97 Å². The van der Waals surface area contributed by atoms with E-state index in [9.17, 15) is 0 Å². The monoisotopic (exact) mass is 446 g/mol. The SMILES string of the molecule is CC.CC.CNSc1ccc(Nc2nc3c(c(OC4CCCCC4)n2)NCN3)c(C)c1. The van der Waals surface area contributed by atoms with Gasteiger partial charge in [0.15, 0.2) is 5.82 Å². The van der Waals surface area contributed by atoms with Gasteiger partial charge in [-0.3, -0.25) is 4.72 Å². The number of hydrogen-bond donors (Lipinski definition) is 4. The fourth-order valence-corrected chi connectivity index (χ4v) is 4.11. The Bertz CT molecular complexity index is 811. The van der Waals surface area contributed by atoms with Crippen LogP contribution in [0.25, 0.3) is 0 Å². The number of aryl methyl sites for hydroxylation is 1. The van der Waals surface area contributed by atoms with Gasteiger partial charge in [-0.05, 0) is 75.4 Å². The third-order valence-corrected chi connectivity index (χ3v) is 5.59. The molecule has 0 atom stereocenters. The summed E-state index contributed by atoms with van der Waals surface area (Å²) in [6.07, 6.45) is 6.19. The standard InChI is InChI=1S/C19H26N6OS.2C2H6/c1-12-10-14(27-20-2)8-9-15(12)23-19-24-17-16(21-11-22-17)18(25-19)26-13-6-4-3-5-7-13;2*1-2/h8-10,13,20-21H,3-7,11H2,1-2H3,(H2,22,23,24,25);2*1-2H3. The first-order chi connectivity index (χ1) is 15.2. The summed E-state index contributed by atoms with van der Waals surface area (Å²) < 4.78 is 9.35. The van der Waals surface area contributed by atoms with Crippen molar-refractivity contribution in [3.63, 3.8) is 0 Å². The van der Waals surface area contributed by atoms with Crippen LogP contribution in [-0.4, -0.2) is 29.8 Å². The molecule has 1 aromatic heterocycles. The van der Waals surface area contributed by atoms with Gasteiger partial charge in [0.05, 0.1) is 6.67 Å². The minimum Gasteiger partial charge on any atom is -0.473 e. The molecule has 172 valence electrons. The van der Waals surface area contributed by atoms with Crippen LogP contribution in [-0.2, 0) is 0 Å². The molecule has 1 aliphatic carbocycles. The molecule has 7 nitrogen and oxygen atoms in total. The summed E-state index contributed by atoms with van der Waals surface area (Å²) in [5.74, 6) is 1.98. The maximum Gasteiger partial charge on any atom is 0.244 e. The van der Waals surface area contributed by atoms with Crippen LogP contribution in [0.1, 0.15) is 65.4 Å². The molecule has 0 saturated heterocycles. The number of aromatic nitrogens is 2.